The highest BCUT2D eigenvalue weighted by Gasteiger charge is 2.39. The molecule has 1 aliphatic heterocycles. The second-order valence-electron chi connectivity index (χ2n) is 4.85. The summed E-state index contributed by atoms with van der Waals surface area (Å²) in [5, 5.41) is 0. The van der Waals surface area contributed by atoms with Crippen molar-refractivity contribution < 1.29 is 16.8 Å². The van der Waals surface area contributed by atoms with Crippen molar-refractivity contribution in [1.29, 1.82) is 0 Å². The zero-order valence-corrected chi connectivity index (χ0v) is 13.2. The summed E-state index contributed by atoms with van der Waals surface area (Å²) in [6.45, 7) is 4.05. The smallest absolute Gasteiger partial charge is 0.206 e. The average Bonchev–Trinajstić information content (AvgIpc) is 2.46. The normalized spacial score (nSPS) is 20.9. The maximum Gasteiger partial charge on any atom is 0.250 e. The first kappa shape index (κ1) is 16.7. The summed E-state index contributed by atoms with van der Waals surface area (Å²) < 4.78 is 49.3. The molecule has 5 nitrogen and oxygen atoms in total. The second kappa shape index (κ2) is 6.85. The predicted octanol–water partition coefficient (Wildman–Crippen LogP) is 2.62. The average molecular weight is 309 g/mol. The van der Waals surface area contributed by atoms with Crippen molar-refractivity contribution >= 4 is 20.0 Å². The Balaban J connectivity index is 2.98. The van der Waals surface area contributed by atoms with E-state index in [-0.39, 0.29) is 9.81 Å². The van der Waals surface area contributed by atoms with Gasteiger partial charge in [0.05, 0.1) is 9.81 Å². The van der Waals surface area contributed by atoms with Crippen molar-refractivity contribution in [3.63, 3.8) is 0 Å². The standard InChI is InChI=1S/C12H23NO4S2/c1-3-5-7-9-11-12(10-8-6-4-2)19(16,17)13-18(11,14)15/h13H,3-10H2,1-2H3. The first-order valence-electron chi connectivity index (χ1n) is 6.85. The zero-order chi connectivity index (χ0) is 14.5. The molecule has 0 aromatic rings. The van der Waals surface area contributed by atoms with Gasteiger partial charge in [-0.2, -0.15) is 0 Å². The van der Waals surface area contributed by atoms with Crippen LogP contribution in [0.5, 0.6) is 0 Å². The molecule has 0 aliphatic carbocycles. The van der Waals surface area contributed by atoms with Crippen LogP contribution in [-0.4, -0.2) is 16.8 Å². The number of sulfonamides is 2. The monoisotopic (exact) mass is 309 g/mol. The summed E-state index contributed by atoms with van der Waals surface area (Å²) in [7, 11) is -7.64. The van der Waals surface area contributed by atoms with Gasteiger partial charge in [-0.3, -0.25) is 0 Å². The molecule has 0 bridgehead atoms. The van der Waals surface area contributed by atoms with Gasteiger partial charge in [0.25, 0.3) is 20.0 Å². The molecule has 0 aromatic heterocycles. The molecule has 0 unspecified atom stereocenters. The van der Waals surface area contributed by atoms with Gasteiger partial charge in [-0.25, -0.2) is 16.8 Å². The fourth-order valence-corrected chi connectivity index (χ4v) is 6.41. The van der Waals surface area contributed by atoms with Crippen molar-refractivity contribution in [2.24, 2.45) is 0 Å². The third kappa shape index (κ3) is 4.29. The minimum Gasteiger partial charge on any atom is -0.206 e. The maximum absolute atomic E-state index is 11.9. The lowest BCUT2D eigenvalue weighted by atomic mass is 10.1. The lowest BCUT2D eigenvalue weighted by molar-refractivity contribution is 0.586. The van der Waals surface area contributed by atoms with E-state index in [0.29, 0.717) is 25.7 Å². The van der Waals surface area contributed by atoms with Gasteiger partial charge >= 0.3 is 0 Å². The van der Waals surface area contributed by atoms with Crippen LogP contribution in [0.4, 0.5) is 0 Å². The Morgan fingerprint density at radius 2 is 1.11 bits per heavy atom. The molecular formula is C12H23NO4S2. The molecule has 7 heteroatoms. The van der Waals surface area contributed by atoms with Crippen molar-refractivity contribution in [2.45, 2.75) is 65.2 Å². The third-order valence-electron chi connectivity index (χ3n) is 3.19. The summed E-state index contributed by atoms with van der Waals surface area (Å²) in [4.78, 5) is 0.189. The molecule has 0 fully saturated rings. The number of hydrogen-bond acceptors (Lipinski definition) is 4. The number of allylic oxidation sites excluding steroid dienone is 2. The van der Waals surface area contributed by atoms with E-state index >= 15 is 0 Å². The molecule has 0 radical (unpaired) electrons. The molecule has 0 aromatic carbocycles. The van der Waals surface area contributed by atoms with Crippen LogP contribution in [0.25, 0.3) is 0 Å². The van der Waals surface area contributed by atoms with E-state index in [2.05, 4.69) is 0 Å². The van der Waals surface area contributed by atoms with Crippen molar-refractivity contribution in [3.8, 4) is 0 Å². The molecule has 19 heavy (non-hydrogen) atoms. The van der Waals surface area contributed by atoms with E-state index in [1.807, 2.05) is 13.8 Å². The predicted molar refractivity (Wildman–Crippen MR) is 76.3 cm³/mol. The van der Waals surface area contributed by atoms with Crippen molar-refractivity contribution in [2.75, 3.05) is 0 Å². The maximum atomic E-state index is 11.9. The van der Waals surface area contributed by atoms with E-state index < -0.39 is 20.0 Å². The minimum absolute atomic E-state index is 0.0945. The second-order valence-corrected chi connectivity index (χ2v) is 8.52. The van der Waals surface area contributed by atoms with Gasteiger partial charge in [-0.05, 0) is 25.7 Å². The molecule has 112 valence electrons. The summed E-state index contributed by atoms with van der Waals surface area (Å²) in [6, 6.07) is 0. The highest BCUT2D eigenvalue weighted by Crippen LogP contribution is 2.32. The van der Waals surface area contributed by atoms with Crippen molar-refractivity contribution in [1.82, 2.24) is 4.13 Å². The first-order chi connectivity index (χ1) is 8.85. The number of hydrogen-bond donors (Lipinski definition) is 1. The van der Waals surface area contributed by atoms with E-state index in [1.54, 1.807) is 4.13 Å². The summed E-state index contributed by atoms with van der Waals surface area (Å²) in [5.41, 5.74) is 0. The van der Waals surface area contributed by atoms with E-state index in [4.69, 9.17) is 0 Å². The Hall–Kier alpha value is -0.400. The molecule has 0 spiro atoms. The third-order valence-corrected chi connectivity index (χ3v) is 7.28. The lowest BCUT2D eigenvalue weighted by Gasteiger charge is -2.04. The fourth-order valence-electron chi connectivity index (χ4n) is 2.16. The van der Waals surface area contributed by atoms with E-state index in [9.17, 15) is 16.8 Å². The SMILES string of the molecule is CCCCCC1=C(CCCCC)S(=O)(=O)NS1(=O)=O. The first-order valence-corrected chi connectivity index (χ1v) is 9.82. The van der Waals surface area contributed by atoms with Crippen LogP contribution >= 0.6 is 0 Å². The Bertz CT molecular complexity index is 484. The van der Waals surface area contributed by atoms with Gasteiger partial charge in [-0.1, -0.05) is 39.5 Å². The lowest BCUT2D eigenvalue weighted by Crippen LogP contribution is -2.23. The van der Waals surface area contributed by atoms with Crippen LogP contribution in [-0.2, 0) is 20.0 Å². The molecule has 0 amide bonds. The molecule has 0 saturated heterocycles. The molecular weight excluding hydrogens is 286 g/mol. The van der Waals surface area contributed by atoms with Gasteiger partial charge in [0.1, 0.15) is 0 Å². The van der Waals surface area contributed by atoms with Crippen LogP contribution < -0.4 is 4.13 Å². The Morgan fingerprint density at radius 1 is 0.737 bits per heavy atom. The highest BCUT2D eigenvalue weighted by atomic mass is 32.3. The van der Waals surface area contributed by atoms with Crippen LogP contribution in [0.1, 0.15) is 65.2 Å². The largest absolute Gasteiger partial charge is 0.250 e. The summed E-state index contributed by atoms with van der Waals surface area (Å²) in [6.07, 6.45) is 5.81. The topological polar surface area (TPSA) is 80.3 Å². The van der Waals surface area contributed by atoms with Crippen LogP contribution in [0.15, 0.2) is 9.81 Å². The summed E-state index contributed by atoms with van der Waals surface area (Å²) in [5.74, 6) is 0. The molecule has 1 rings (SSSR count). The van der Waals surface area contributed by atoms with Crippen LogP contribution in [0.3, 0.4) is 0 Å². The van der Waals surface area contributed by atoms with Gasteiger partial charge in [0, 0.05) is 0 Å². The quantitative estimate of drug-likeness (QED) is 0.699. The molecule has 1 aliphatic rings. The fraction of sp³-hybridized carbons (Fsp3) is 0.833. The summed E-state index contributed by atoms with van der Waals surface area (Å²) >= 11 is 0. The number of nitrogens with one attached hydrogen (secondary N) is 1. The van der Waals surface area contributed by atoms with Crippen molar-refractivity contribution in [3.05, 3.63) is 9.81 Å². The number of rotatable bonds is 8. The molecule has 0 saturated carbocycles. The van der Waals surface area contributed by atoms with Crippen LogP contribution in [0.2, 0.25) is 0 Å². The van der Waals surface area contributed by atoms with E-state index in [1.165, 1.54) is 0 Å². The molecule has 1 heterocycles. The van der Waals surface area contributed by atoms with Gasteiger partial charge < -0.3 is 0 Å². The molecule has 0 atom stereocenters. The zero-order valence-electron chi connectivity index (χ0n) is 11.6. The number of unbranched alkanes of at least 4 members (excludes halogenated alkanes) is 4. The van der Waals surface area contributed by atoms with E-state index in [0.717, 1.165) is 25.7 Å². The van der Waals surface area contributed by atoms with Gasteiger partial charge in [0.15, 0.2) is 0 Å². The Kier molecular flexibility index (Phi) is 6.01. The van der Waals surface area contributed by atoms with Gasteiger partial charge in [0.2, 0.25) is 0 Å². The minimum atomic E-state index is -3.82. The van der Waals surface area contributed by atoms with Gasteiger partial charge in [-0.15, -0.1) is 4.13 Å². The molecule has 1 N–H and O–H groups in total. The Morgan fingerprint density at radius 3 is 1.42 bits per heavy atom. The highest BCUT2D eigenvalue weighted by molar-refractivity contribution is 8.11. The Labute approximate surface area is 116 Å². The van der Waals surface area contributed by atoms with Crippen LogP contribution in [0, 0.1) is 0 Å².